The zero-order valence-corrected chi connectivity index (χ0v) is 15.0. The number of piperidine rings is 1. The lowest BCUT2D eigenvalue weighted by Gasteiger charge is -2.44. The Morgan fingerprint density at radius 2 is 1.61 bits per heavy atom. The average molecular weight is 316 g/mol. The molecule has 0 radical (unpaired) electrons. The molecule has 2 aliphatic rings. The summed E-state index contributed by atoms with van der Waals surface area (Å²) in [7, 11) is 0. The van der Waals surface area contributed by atoms with Crippen molar-refractivity contribution < 1.29 is 0 Å². The summed E-state index contributed by atoms with van der Waals surface area (Å²) in [6, 6.07) is 12.5. The highest BCUT2D eigenvalue weighted by Gasteiger charge is 2.28. The van der Waals surface area contributed by atoms with Crippen molar-refractivity contribution in [2.75, 3.05) is 39.3 Å². The zero-order chi connectivity index (χ0) is 16.1. The number of benzene rings is 1. The molecule has 1 atom stereocenters. The molecular formula is C20H33N3. The molecule has 128 valence electrons. The third-order valence-corrected chi connectivity index (χ3v) is 5.89. The summed E-state index contributed by atoms with van der Waals surface area (Å²) in [5.41, 5.74) is 1.45. The molecule has 0 amide bonds. The maximum absolute atomic E-state index is 2.76. The number of likely N-dealkylation sites (tertiary alicyclic amines) is 1. The van der Waals surface area contributed by atoms with Crippen LogP contribution < -0.4 is 0 Å². The van der Waals surface area contributed by atoms with Crippen LogP contribution in [0.2, 0.25) is 0 Å². The van der Waals surface area contributed by atoms with Gasteiger partial charge in [-0.2, -0.15) is 0 Å². The van der Waals surface area contributed by atoms with Crippen molar-refractivity contribution in [2.45, 2.75) is 51.7 Å². The van der Waals surface area contributed by atoms with E-state index < -0.39 is 0 Å². The summed E-state index contributed by atoms with van der Waals surface area (Å²) in [5, 5.41) is 0. The van der Waals surface area contributed by atoms with Crippen molar-refractivity contribution in [3.05, 3.63) is 35.9 Å². The minimum Gasteiger partial charge on any atom is -0.299 e. The van der Waals surface area contributed by atoms with Gasteiger partial charge in [0.05, 0.1) is 0 Å². The van der Waals surface area contributed by atoms with E-state index in [1.165, 1.54) is 64.1 Å². The summed E-state index contributed by atoms with van der Waals surface area (Å²) < 4.78 is 0. The third-order valence-electron chi connectivity index (χ3n) is 5.89. The molecule has 0 aliphatic carbocycles. The van der Waals surface area contributed by atoms with Gasteiger partial charge in [-0.3, -0.25) is 14.7 Å². The molecule has 23 heavy (non-hydrogen) atoms. The van der Waals surface area contributed by atoms with E-state index in [4.69, 9.17) is 0 Å². The average Bonchev–Trinajstić information content (AvgIpc) is 2.63. The lowest BCUT2D eigenvalue weighted by Crippen LogP contribution is -2.54. The molecular weight excluding hydrogens is 282 g/mol. The van der Waals surface area contributed by atoms with E-state index in [9.17, 15) is 0 Å². The fourth-order valence-electron chi connectivity index (χ4n) is 4.09. The van der Waals surface area contributed by atoms with Crippen LogP contribution in [-0.4, -0.2) is 66.1 Å². The molecule has 0 N–H and O–H groups in total. The normalized spacial score (nSPS) is 23.9. The lowest BCUT2D eigenvalue weighted by atomic mass is 10.0. The molecule has 1 aromatic rings. The number of piperazine rings is 1. The predicted molar refractivity (Wildman–Crippen MR) is 97.6 cm³/mol. The van der Waals surface area contributed by atoms with Gasteiger partial charge in [-0.25, -0.2) is 0 Å². The first-order valence-corrected chi connectivity index (χ1v) is 9.50. The molecule has 0 saturated carbocycles. The molecule has 3 heteroatoms. The quantitative estimate of drug-likeness (QED) is 0.827. The first kappa shape index (κ1) is 16.9. The van der Waals surface area contributed by atoms with Gasteiger partial charge in [-0.05, 0) is 44.8 Å². The maximum Gasteiger partial charge on any atom is 0.0233 e. The van der Waals surface area contributed by atoms with E-state index in [0.717, 1.165) is 18.6 Å². The van der Waals surface area contributed by atoms with E-state index in [1.54, 1.807) is 0 Å². The Labute approximate surface area is 142 Å². The van der Waals surface area contributed by atoms with E-state index in [-0.39, 0.29) is 0 Å². The Bertz CT molecular complexity index is 445. The predicted octanol–water partition coefficient (Wildman–Crippen LogP) is 3.07. The minimum absolute atomic E-state index is 0.755. The molecule has 2 heterocycles. The van der Waals surface area contributed by atoms with E-state index in [2.05, 4.69) is 58.9 Å². The molecule has 3 nitrogen and oxygen atoms in total. The second-order valence-corrected chi connectivity index (χ2v) is 7.32. The highest BCUT2D eigenvalue weighted by atomic mass is 15.3. The summed E-state index contributed by atoms with van der Waals surface area (Å²) >= 11 is 0. The van der Waals surface area contributed by atoms with Crippen molar-refractivity contribution in [1.29, 1.82) is 0 Å². The number of nitrogens with zero attached hydrogens (tertiary/aromatic N) is 3. The Kier molecular flexibility index (Phi) is 6.09. The van der Waals surface area contributed by atoms with Crippen LogP contribution in [0.4, 0.5) is 0 Å². The van der Waals surface area contributed by atoms with Crippen LogP contribution in [0.1, 0.15) is 38.7 Å². The van der Waals surface area contributed by atoms with Crippen LogP contribution >= 0.6 is 0 Å². The van der Waals surface area contributed by atoms with Crippen molar-refractivity contribution in [1.82, 2.24) is 14.7 Å². The summed E-state index contributed by atoms with van der Waals surface area (Å²) in [5.74, 6) is 0. The smallest absolute Gasteiger partial charge is 0.0233 e. The van der Waals surface area contributed by atoms with Gasteiger partial charge in [0, 0.05) is 44.8 Å². The second-order valence-electron chi connectivity index (χ2n) is 7.32. The molecule has 2 saturated heterocycles. The van der Waals surface area contributed by atoms with Crippen LogP contribution in [0.15, 0.2) is 30.3 Å². The first-order chi connectivity index (χ1) is 11.3. The molecule has 0 spiro atoms. The monoisotopic (exact) mass is 315 g/mol. The molecule has 1 aromatic carbocycles. The Balaban J connectivity index is 1.41. The van der Waals surface area contributed by atoms with E-state index >= 15 is 0 Å². The van der Waals surface area contributed by atoms with Crippen LogP contribution in [0.5, 0.6) is 0 Å². The number of hydrogen-bond acceptors (Lipinski definition) is 3. The van der Waals surface area contributed by atoms with Gasteiger partial charge in [0.2, 0.25) is 0 Å². The molecule has 0 unspecified atom stereocenters. The third kappa shape index (κ3) is 4.56. The first-order valence-electron chi connectivity index (χ1n) is 9.50. The van der Waals surface area contributed by atoms with Crippen molar-refractivity contribution in [3.63, 3.8) is 0 Å². The highest BCUT2D eigenvalue weighted by Crippen LogP contribution is 2.20. The summed E-state index contributed by atoms with van der Waals surface area (Å²) in [4.78, 5) is 8.06. The fraction of sp³-hybridized carbons (Fsp3) is 0.700. The van der Waals surface area contributed by atoms with Crippen LogP contribution in [-0.2, 0) is 6.54 Å². The number of rotatable bonds is 5. The molecule has 0 aromatic heterocycles. The fourth-order valence-corrected chi connectivity index (χ4v) is 4.09. The summed E-state index contributed by atoms with van der Waals surface area (Å²) in [6.07, 6.45) is 3.96. The SMILES string of the molecule is CC[C@H](C)N1CCN(C2CCN(Cc3ccccc3)CC2)CC1. The molecule has 2 fully saturated rings. The lowest BCUT2D eigenvalue weighted by molar-refractivity contribution is 0.0437. The second kappa shape index (κ2) is 8.27. The van der Waals surface area contributed by atoms with E-state index in [0.29, 0.717) is 0 Å². The summed E-state index contributed by atoms with van der Waals surface area (Å²) in [6.45, 7) is 13.4. The van der Waals surface area contributed by atoms with Gasteiger partial charge in [-0.1, -0.05) is 37.3 Å². The van der Waals surface area contributed by atoms with Gasteiger partial charge < -0.3 is 0 Å². The molecule has 0 bridgehead atoms. The molecule has 3 rings (SSSR count). The van der Waals surface area contributed by atoms with Crippen LogP contribution in [0, 0.1) is 0 Å². The molecule has 2 aliphatic heterocycles. The van der Waals surface area contributed by atoms with E-state index in [1.807, 2.05) is 0 Å². The van der Waals surface area contributed by atoms with Gasteiger partial charge in [-0.15, -0.1) is 0 Å². The standard InChI is InChI=1S/C20H33N3/c1-3-18(2)22-13-15-23(16-14-22)20-9-11-21(12-10-20)17-19-7-5-4-6-8-19/h4-8,18,20H,3,9-17H2,1-2H3/t18-/m0/s1. The van der Waals surface area contributed by atoms with Crippen LogP contribution in [0.3, 0.4) is 0 Å². The van der Waals surface area contributed by atoms with Crippen molar-refractivity contribution in [2.24, 2.45) is 0 Å². The van der Waals surface area contributed by atoms with Gasteiger partial charge in [0.25, 0.3) is 0 Å². The maximum atomic E-state index is 2.76. The highest BCUT2D eigenvalue weighted by molar-refractivity contribution is 5.14. The van der Waals surface area contributed by atoms with Gasteiger partial charge >= 0.3 is 0 Å². The largest absolute Gasteiger partial charge is 0.299 e. The van der Waals surface area contributed by atoms with Gasteiger partial charge in [0.1, 0.15) is 0 Å². The topological polar surface area (TPSA) is 9.72 Å². The Morgan fingerprint density at radius 3 is 2.22 bits per heavy atom. The minimum atomic E-state index is 0.755. The zero-order valence-electron chi connectivity index (χ0n) is 15.0. The number of hydrogen-bond donors (Lipinski definition) is 0. The Hall–Kier alpha value is -0.900. The van der Waals surface area contributed by atoms with Crippen molar-refractivity contribution >= 4 is 0 Å². The van der Waals surface area contributed by atoms with Crippen LogP contribution in [0.25, 0.3) is 0 Å². The van der Waals surface area contributed by atoms with Gasteiger partial charge in [0.15, 0.2) is 0 Å². The Morgan fingerprint density at radius 1 is 0.957 bits per heavy atom. The van der Waals surface area contributed by atoms with Crippen molar-refractivity contribution in [3.8, 4) is 0 Å².